The molecule has 154 valence electrons. The number of carbonyl (C=O) groups excluding carboxylic acids is 1. The number of fused-ring (bicyclic) bond motifs is 1. The average Bonchev–Trinajstić information content (AvgIpc) is 2.73. The second-order valence-corrected chi connectivity index (χ2v) is 7.77. The molecule has 29 heavy (non-hydrogen) atoms. The van der Waals surface area contributed by atoms with Crippen LogP contribution in [0.1, 0.15) is 40.2 Å². The Labute approximate surface area is 170 Å². The van der Waals surface area contributed by atoms with Crippen LogP contribution in [-0.2, 0) is 17.8 Å². The van der Waals surface area contributed by atoms with E-state index < -0.39 is 0 Å². The first-order chi connectivity index (χ1) is 14.0. The number of ether oxygens (including phenoxy) is 1. The lowest BCUT2D eigenvalue weighted by Gasteiger charge is -2.33. The van der Waals surface area contributed by atoms with E-state index >= 15 is 0 Å². The number of carbonyl (C=O) groups is 1. The van der Waals surface area contributed by atoms with Crippen LogP contribution in [0.25, 0.3) is 0 Å². The monoisotopic (exact) mass is 397 g/mol. The minimum absolute atomic E-state index is 0.0344. The van der Waals surface area contributed by atoms with Gasteiger partial charge in [-0.1, -0.05) is 0 Å². The SMILES string of the molecule is Cc1nc(N(C)C)ncc1C(=O)N[C@H]1CCCN(c2ncc3c(n2)CCOC3)C1. The van der Waals surface area contributed by atoms with E-state index in [0.29, 0.717) is 37.0 Å². The Balaban J connectivity index is 1.43. The lowest BCUT2D eigenvalue weighted by atomic mass is 10.1. The molecule has 0 unspecified atom stereocenters. The number of amides is 1. The second-order valence-electron chi connectivity index (χ2n) is 7.77. The number of anilines is 2. The third-order valence-corrected chi connectivity index (χ3v) is 5.33. The molecule has 9 nitrogen and oxygen atoms in total. The molecular weight excluding hydrogens is 370 g/mol. The summed E-state index contributed by atoms with van der Waals surface area (Å²) in [4.78, 5) is 34.7. The largest absolute Gasteiger partial charge is 0.376 e. The fourth-order valence-electron chi connectivity index (χ4n) is 3.70. The summed E-state index contributed by atoms with van der Waals surface area (Å²) in [6, 6.07) is 0.0344. The lowest BCUT2D eigenvalue weighted by molar-refractivity contribution is 0.0931. The highest BCUT2D eigenvalue weighted by molar-refractivity contribution is 5.95. The van der Waals surface area contributed by atoms with Crippen molar-refractivity contribution in [3.63, 3.8) is 0 Å². The van der Waals surface area contributed by atoms with Crippen molar-refractivity contribution in [3.05, 3.63) is 34.9 Å². The van der Waals surface area contributed by atoms with Crippen LogP contribution in [0.5, 0.6) is 0 Å². The Kier molecular flexibility index (Phi) is 5.57. The minimum Gasteiger partial charge on any atom is -0.376 e. The first-order valence-corrected chi connectivity index (χ1v) is 10.0. The van der Waals surface area contributed by atoms with Gasteiger partial charge in [0.2, 0.25) is 11.9 Å². The number of nitrogens with one attached hydrogen (secondary N) is 1. The van der Waals surface area contributed by atoms with E-state index in [1.54, 1.807) is 6.20 Å². The number of aromatic nitrogens is 4. The number of hydrogen-bond acceptors (Lipinski definition) is 8. The molecule has 0 radical (unpaired) electrons. The van der Waals surface area contributed by atoms with Crippen LogP contribution in [-0.4, -0.2) is 65.7 Å². The van der Waals surface area contributed by atoms with E-state index in [1.807, 2.05) is 32.1 Å². The number of hydrogen-bond donors (Lipinski definition) is 1. The molecule has 2 aromatic rings. The summed E-state index contributed by atoms with van der Waals surface area (Å²) >= 11 is 0. The van der Waals surface area contributed by atoms with Gasteiger partial charge in [0.25, 0.3) is 5.91 Å². The normalized spacial score (nSPS) is 18.9. The highest BCUT2D eigenvalue weighted by atomic mass is 16.5. The maximum atomic E-state index is 12.8. The van der Waals surface area contributed by atoms with E-state index in [4.69, 9.17) is 9.72 Å². The van der Waals surface area contributed by atoms with E-state index in [9.17, 15) is 4.79 Å². The minimum atomic E-state index is -0.136. The molecule has 2 aromatic heterocycles. The van der Waals surface area contributed by atoms with Crippen LogP contribution in [0.2, 0.25) is 0 Å². The van der Waals surface area contributed by atoms with Gasteiger partial charge < -0.3 is 19.9 Å². The Morgan fingerprint density at radius 2 is 2.14 bits per heavy atom. The van der Waals surface area contributed by atoms with Crippen LogP contribution in [0.15, 0.2) is 12.4 Å². The predicted molar refractivity (Wildman–Crippen MR) is 109 cm³/mol. The van der Waals surface area contributed by atoms with Gasteiger partial charge in [0.15, 0.2) is 0 Å². The molecule has 1 amide bonds. The van der Waals surface area contributed by atoms with Crippen LogP contribution >= 0.6 is 0 Å². The molecule has 1 N–H and O–H groups in total. The lowest BCUT2D eigenvalue weighted by Crippen LogP contribution is -2.48. The first-order valence-electron chi connectivity index (χ1n) is 10.0. The average molecular weight is 397 g/mol. The third-order valence-electron chi connectivity index (χ3n) is 5.33. The van der Waals surface area contributed by atoms with Crippen LogP contribution < -0.4 is 15.1 Å². The molecule has 1 atom stereocenters. The summed E-state index contributed by atoms with van der Waals surface area (Å²) in [5.74, 6) is 1.19. The summed E-state index contributed by atoms with van der Waals surface area (Å²) in [5, 5.41) is 3.14. The summed E-state index contributed by atoms with van der Waals surface area (Å²) in [7, 11) is 3.75. The van der Waals surface area contributed by atoms with E-state index in [2.05, 4.69) is 25.2 Å². The number of piperidine rings is 1. The zero-order valence-corrected chi connectivity index (χ0v) is 17.2. The van der Waals surface area contributed by atoms with Gasteiger partial charge in [0.1, 0.15) is 0 Å². The Morgan fingerprint density at radius 1 is 1.28 bits per heavy atom. The van der Waals surface area contributed by atoms with Gasteiger partial charge in [-0.2, -0.15) is 0 Å². The number of rotatable bonds is 4. The molecule has 4 rings (SSSR count). The standard InChI is InChI=1S/C20H27N7O2/c1-13-16(10-22-19(23-13)26(2)3)18(28)24-15-5-4-7-27(11-15)20-21-9-14-12-29-8-6-17(14)25-20/h9-10,15H,4-8,11-12H2,1-3H3,(H,24,28)/t15-/m0/s1. The maximum Gasteiger partial charge on any atom is 0.254 e. The molecular formula is C20H27N7O2. The van der Waals surface area contributed by atoms with Crippen molar-refractivity contribution in [3.8, 4) is 0 Å². The quantitative estimate of drug-likeness (QED) is 0.820. The molecule has 0 aromatic carbocycles. The van der Waals surface area contributed by atoms with Crippen LogP contribution in [0.4, 0.5) is 11.9 Å². The molecule has 4 heterocycles. The molecule has 0 spiro atoms. The number of aryl methyl sites for hydroxylation is 1. The van der Waals surface area contributed by atoms with Crippen LogP contribution in [0, 0.1) is 6.92 Å². The van der Waals surface area contributed by atoms with Crippen molar-refractivity contribution in [2.24, 2.45) is 0 Å². The van der Waals surface area contributed by atoms with Crippen LogP contribution in [0.3, 0.4) is 0 Å². The summed E-state index contributed by atoms with van der Waals surface area (Å²) in [6.45, 7) is 4.71. The van der Waals surface area contributed by atoms with Crippen molar-refractivity contribution in [1.29, 1.82) is 0 Å². The first kappa shape index (κ1) is 19.5. The zero-order valence-electron chi connectivity index (χ0n) is 17.2. The van der Waals surface area contributed by atoms with Gasteiger partial charge in [-0.05, 0) is 19.8 Å². The predicted octanol–water partition coefficient (Wildman–Crippen LogP) is 1.11. The van der Waals surface area contributed by atoms with Gasteiger partial charge in [-0.15, -0.1) is 0 Å². The van der Waals surface area contributed by atoms with Gasteiger partial charge >= 0.3 is 0 Å². The van der Waals surface area contributed by atoms with Gasteiger partial charge in [0, 0.05) is 57.6 Å². The maximum absolute atomic E-state index is 12.8. The number of nitrogens with zero attached hydrogens (tertiary/aromatic N) is 6. The highest BCUT2D eigenvalue weighted by Crippen LogP contribution is 2.20. The van der Waals surface area contributed by atoms with Gasteiger partial charge in [-0.25, -0.2) is 19.9 Å². The van der Waals surface area contributed by atoms with E-state index in [0.717, 1.165) is 43.0 Å². The highest BCUT2D eigenvalue weighted by Gasteiger charge is 2.25. The zero-order chi connectivity index (χ0) is 20.4. The van der Waals surface area contributed by atoms with Crippen molar-refractivity contribution in [2.45, 2.75) is 38.8 Å². The van der Waals surface area contributed by atoms with Crippen molar-refractivity contribution in [2.75, 3.05) is 43.6 Å². The van der Waals surface area contributed by atoms with Crippen molar-refractivity contribution >= 4 is 17.8 Å². The molecule has 2 aliphatic heterocycles. The third kappa shape index (κ3) is 4.29. The summed E-state index contributed by atoms with van der Waals surface area (Å²) in [5.41, 5.74) is 3.33. The smallest absolute Gasteiger partial charge is 0.254 e. The van der Waals surface area contributed by atoms with Crippen molar-refractivity contribution < 1.29 is 9.53 Å². The van der Waals surface area contributed by atoms with Crippen molar-refractivity contribution in [1.82, 2.24) is 25.3 Å². The molecule has 9 heteroatoms. The molecule has 0 saturated carbocycles. The van der Waals surface area contributed by atoms with Gasteiger partial charge in [0.05, 0.1) is 30.2 Å². The molecule has 1 saturated heterocycles. The molecule has 2 aliphatic rings. The Bertz CT molecular complexity index is 902. The Morgan fingerprint density at radius 3 is 2.93 bits per heavy atom. The molecule has 0 aliphatic carbocycles. The fraction of sp³-hybridized carbons (Fsp3) is 0.550. The fourth-order valence-corrected chi connectivity index (χ4v) is 3.70. The second kappa shape index (κ2) is 8.28. The molecule has 1 fully saturated rings. The summed E-state index contributed by atoms with van der Waals surface area (Å²) < 4.78 is 5.46. The topological polar surface area (TPSA) is 96.4 Å². The van der Waals surface area contributed by atoms with E-state index in [-0.39, 0.29) is 11.9 Å². The van der Waals surface area contributed by atoms with E-state index in [1.165, 1.54) is 0 Å². The summed E-state index contributed by atoms with van der Waals surface area (Å²) in [6.07, 6.45) is 6.19. The Hall–Kier alpha value is -2.81. The van der Waals surface area contributed by atoms with Gasteiger partial charge in [-0.3, -0.25) is 4.79 Å². The molecule has 0 bridgehead atoms.